The third kappa shape index (κ3) is 6.36. The lowest BCUT2D eigenvalue weighted by atomic mass is 10.1. The molecule has 1 aromatic heterocycles. The average molecular weight is 474 g/mol. The Morgan fingerprint density at radius 3 is 2.88 bits per heavy atom. The molecule has 3 rings (SSSR count). The highest BCUT2D eigenvalue weighted by atomic mass is 35.5. The van der Waals surface area contributed by atoms with Gasteiger partial charge in [0.25, 0.3) is 0 Å². The van der Waals surface area contributed by atoms with E-state index in [2.05, 4.69) is 16.6 Å². The van der Waals surface area contributed by atoms with E-state index < -0.39 is 6.04 Å². The van der Waals surface area contributed by atoms with E-state index in [1.165, 1.54) is 4.68 Å². The van der Waals surface area contributed by atoms with Crippen LogP contribution < -0.4 is 5.69 Å². The molecule has 0 bridgehead atoms. The van der Waals surface area contributed by atoms with Crippen LogP contribution in [0.5, 0.6) is 0 Å². The van der Waals surface area contributed by atoms with Gasteiger partial charge in [0.1, 0.15) is 6.04 Å². The van der Waals surface area contributed by atoms with Crippen LogP contribution in [-0.2, 0) is 16.1 Å². The highest BCUT2D eigenvalue weighted by Crippen LogP contribution is 2.21. The van der Waals surface area contributed by atoms with Crippen molar-refractivity contribution >= 4 is 29.8 Å². The molecular formula is C24H32ClN5O3. The summed E-state index contributed by atoms with van der Waals surface area (Å²) in [6.45, 7) is 11.0. The standard InChI is InChI=1S/C24H32ClN5O3/c1-4-10-20(17-19(3)25)28-16-15-27(18-21(28)23(31)33-5-2)12-9-14-30-24(32)29-13-8-6-7-11-22(29)26-30/h4,7-8,10-11,13,17,21H,3,5-6,9,12,14-16,18H2,1-2H3/b10-4-,20-17+. The predicted octanol–water partition coefficient (Wildman–Crippen LogP) is 3.08. The molecule has 1 unspecified atom stereocenters. The zero-order chi connectivity index (χ0) is 23.8. The Hall–Kier alpha value is -2.84. The van der Waals surface area contributed by atoms with E-state index in [1.807, 2.05) is 42.2 Å². The van der Waals surface area contributed by atoms with Crippen molar-refractivity contribution in [1.29, 1.82) is 0 Å². The summed E-state index contributed by atoms with van der Waals surface area (Å²) < 4.78 is 8.43. The first-order valence-electron chi connectivity index (χ1n) is 11.3. The van der Waals surface area contributed by atoms with Crippen LogP contribution in [0.1, 0.15) is 32.5 Å². The van der Waals surface area contributed by atoms with Crippen molar-refractivity contribution in [1.82, 2.24) is 24.1 Å². The molecule has 2 aliphatic heterocycles. The summed E-state index contributed by atoms with van der Waals surface area (Å²) in [7, 11) is 0. The van der Waals surface area contributed by atoms with Crippen molar-refractivity contribution in [2.24, 2.45) is 0 Å². The molecule has 0 radical (unpaired) electrons. The molecule has 3 heterocycles. The largest absolute Gasteiger partial charge is 0.464 e. The molecule has 0 N–H and O–H groups in total. The molecular weight excluding hydrogens is 442 g/mol. The van der Waals surface area contributed by atoms with Gasteiger partial charge in [0.2, 0.25) is 0 Å². The Bertz CT molecular complexity index is 1030. The van der Waals surface area contributed by atoms with Crippen LogP contribution in [0.4, 0.5) is 0 Å². The molecule has 0 saturated carbocycles. The van der Waals surface area contributed by atoms with Gasteiger partial charge in [-0.25, -0.2) is 14.3 Å². The maximum Gasteiger partial charge on any atom is 0.350 e. The van der Waals surface area contributed by atoms with Crippen LogP contribution in [0.2, 0.25) is 0 Å². The van der Waals surface area contributed by atoms with E-state index in [0.717, 1.165) is 31.6 Å². The number of hydrogen-bond donors (Lipinski definition) is 0. The van der Waals surface area contributed by atoms with Gasteiger partial charge in [0.05, 0.1) is 6.61 Å². The molecule has 8 nitrogen and oxygen atoms in total. The van der Waals surface area contributed by atoms with Crippen LogP contribution in [-0.4, -0.2) is 68.9 Å². The van der Waals surface area contributed by atoms with Gasteiger partial charge >= 0.3 is 11.7 Å². The van der Waals surface area contributed by atoms with E-state index >= 15 is 0 Å². The van der Waals surface area contributed by atoms with Gasteiger partial charge < -0.3 is 9.64 Å². The minimum absolute atomic E-state index is 0.135. The fourth-order valence-electron chi connectivity index (χ4n) is 4.05. The molecule has 1 fully saturated rings. The number of allylic oxidation sites excluding steroid dienone is 6. The number of hydrogen-bond acceptors (Lipinski definition) is 6. The van der Waals surface area contributed by atoms with Crippen LogP contribution in [0.25, 0.3) is 12.3 Å². The summed E-state index contributed by atoms with van der Waals surface area (Å²) in [5.41, 5.74) is 0.701. The lowest BCUT2D eigenvalue weighted by molar-refractivity contribution is -0.151. The SMILES string of the molecule is C=C(Cl)/C=C(\C=C/C)N1CCN(CCCn2nc3n(c2=O)C=CCC=C3)CC1C(=O)OCC. The molecule has 1 aromatic rings. The molecule has 0 aromatic carbocycles. The van der Waals surface area contributed by atoms with Crippen molar-refractivity contribution in [3.63, 3.8) is 0 Å². The van der Waals surface area contributed by atoms with Crippen molar-refractivity contribution in [3.8, 4) is 0 Å². The van der Waals surface area contributed by atoms with Crippen LogP contribution in [0.15, 0.2) is 52.5 Å². The normalized spacial score (nSPS) is 19.1. The number of rotatable bonds is 9. The number of aryl methyl sites for hydroxylation is 1. The van der Waals surface area contributed by atoms with Gasteiger partial charge in [-0.3, -0.25) is 9.47 Å². The molecule has 0 spiro atoms. The first-order valence-corrected chi connectivity index (χ1v) is 11.7. The number of nitrogens with zero attached hydrogens (tertiary/aromatic N) is 5. The third-order valence-corrected chi connectivity index (χ3v) is 5.64. The van der Waals surface area contributed by atoms with Gasteiger partial charge in [-0.1, -0.05) is 36.4 Å². The minimum atomic E-state index is -0.446. The molecule has 1 saturated heterocycles. The Morgan fingerprint density at radius 1 is 1.33 bits per heavy atom. The summed E-state index contributed by atoms with van der Waals surface area (Å²) in [4.78, 5) is 29.6. The lowest BCUT2D eigenvalue weighted by Gasteiger charge is -2.42. The van der Waals surface area contributed by atoms with E-state index in [-0.39, 0.29) is 11.7 Å². The molecule has 2 aliphatic rings. The second kappa shape index (κ2) is 11.9. The Balaban J connectivity index is 1.66. The Morgan fingerprint density at radius 2 is 2.15 bits per heavy atom. The number of carbonyl (C=O) groups is 1. The van der Waals surface area contributed by atoms with Crippen LogP contribution >= 0.6 is 11.6 Å². The number of esters is 1. The monoisotopic (exact) mass is 473 g/mol. The highest BCUT2D eigenvalue weighted by Gasteiger charge is 2.34. The number of ether oxygens (including phenoxy) is 1. The maximum absolute atomic E-state index is 12.8. The minimum Gasteiger partial charge on any atom is -0.464 e. The first-order chi connectivity index (χ1) is 15.9. The number of aromatic nitrogens is 3. The second-order valence-electron chi connectivity index (χ2n) is 7.89. The molecule has 9 heteroatoms. The van der Waals surface area contributed by atoms with Gasteiger partial charge in [0.15, 0.2) is 5.82 Å². The maximum atomic E-state index is 12.8. The molecule has 178 valence electrons. The quantitative estimate of drug-likeness (QED) is 0.405. The zero-order valence-electron chi connectivity index (χ0n) is 19.3. The van der Waals surface area contributed by atoms with Crippen LogP contribution in [0, 0.1) is 0 Å². The van der Waals surface area contributed by atoms with E-state index in [0.29, 0.717) is 37.1 Å². The van der Waals surface area contributed by atoms with E-state index in [9.17, 15) is 9.59 Å². The smallest absolute Gasteiger partial charge is 0.350 e. The summed E-state index contributed by atoms with van der Waals surface area (Å²) in [5, 5.41) is 4.84. The summed E-state index contributed by atoms with van der Waals surface area (Å²) in [6, 6.07) is -0.446. The first kappa shape index (κ1) is 24.8. The Kier molecular flexibility index (Phi) is 8.91. The fraction of sp³-hybridized carbons (Fsp3) is 0.458. The van der Waals surface area contributed by atoms with E-state index in [1.54, 1.807) is 23.8 Å². The molecule has 1 atom stereocenters. The second-order valence-corrected chi connectivity index (χ2v) is 8.37. The van der Waals surface area contributed by atoms with Gasteiger partial charge in [-0.15, -0.1) is 5.10 Å². The van der Waals surface area contributed by atoms with Gasteiger partial charge in [-0.05, 0) is 44.9 Å². The van der Waals surface area contributed by atoms with Crippen molar-refractivity contribution in [3.05, 3.63) is 64.0 Å². The third-order valence-electron chi connectivity index (χ3n) is 5.53. The van der Waals surface area contributed by atoms with Crippen molar-refractivity contribution in [2.75, 3.05) is 32.8 Å². The summed E-state index contributed by atoms with van der Waals surface area (Å²) in [5.74, 6) is 0.388. The van der Waals surface area contributed by atoms with Gasteiger partial charge in [-0.2, -0.15) is 0 Å². The number of carbonyl (C=O) groups excluding carboxylic acids is 1. The highest BCUT2D eigenvalue weighted by molar-refractivity contribution is 6.30. The molecule has 0 amide bonds. The number of piperazine rings is 1. The lowest BCUT2D eigenvalue weighted by Crippen LogP contribution is -2.56. The number of halogens is 1. The van der Waals surface area contributed by atoms with Crippen molar-refractivity contribution in [2.45, 2.75) is 39.3 Å². The molecule has 0 aliphatic carbocycles. The predicted molar refractivity (Wildman–Crippen MR) is 132 cm³/mol. The number of fused-ring (bicyclic) bond motifs is 1. The topological polar surface area (TPSA) is 72.6 Å². The zero-order valence-corrected chi connectivity index (χ0v) is 20.1. The van der Waals surface area contributed by atoms with Crippen LogP contribution in [0.3, 0.4) is 0 Å². The summed E-state index contributed by atoms with van der Waals surface area (Å²) in [6.07, 6.45) is 14.7. The average Bonchev–Trinajstić information content (AvgIpc) is 2.94. The summed E-state index contributed by atoms with van der Waals surface area (Å²) >= 11 is 6.03. The van der Waals surface area contributed by atoms with E-state index in [4.69, 9.17) is 16.3 Å². The van der Waals surface area contributed by atoms with Crippen molar-refractivity contribution < 1.29 is 9.53 Å². The fourth-order valence-corrected chi connectivity index (χ4v) is 4.16. The van der Waals surface area contributed by atoms with Gasteiger partial charge in [0, 0.05) is 49.7 Å². The Labute approximate surface area is 199 Å². The molecule has 33 heavy (non-hydrogen) atoms.